The number of nitrogens with zero attached hydrogens (tertiary/aromatic N) is 1. The molecule has 1 fully saturated rings. The molecule has 0 aliphatic carbocycles. The van der Waals surface area contributed by atoms with E-state index >= 15 is 0 Å². The van der Waals surface area contributed by atoms with Gasteiger partial charge < -0.3 is 25.0 Å². The van der Waals surface area contributed by atoms with E-state index in [-0.39, 0.29) is 24.4 Å². The second kappa shape index (κ2) is 8.65. The van der Waals surface area contributed by atoms with Crippen molar-refractivity contribution in [3.05, 3.63) is 48.0 Å². The van der Waals surface area contributed by atoms with Gasteiger partial charge in [-0.3, -0.25) is 4.79 Å². The van der Waals surface area contributed by atoms with Gasteiger partial charge in [-0.2, -0.15) is 0 Å². The highest BCUT2D eigenvalue weighted by molar-refractivity contribution is 5.98. The molecule has 1 atom stereocenters. The molecule has 0 radical (unpaired) electrons. The highest BCUT2D eigenvalue weighted by Gasteiger charge is 2.32. The van der Waals surface area contributed by atoms with E-state index in [1.165, 1.54) is 5.56 Å². The van der Waals surface area contributed by atoms with Gasteiger partial charge in [0.2, 0.25) is 5.91 Å². The topological polar surface area (TPSA) is 79.9 Å². The van der Waals surface area contributed by atoms with Crippen LogP contribution in [0.4, 0.5) is 16.2 Å². The summed E-state index contributed by atoms with van der Waals surface area (Å²) in [6.45, 7) is 2.48. The first-order valence-corrected chi connectivity index (χ1v) is 9.23. The number of methoxy groups -OCH3 is 2. The van der Waals surface area contributed by atoms with Gasteiger partial charge in [-0.1, -0.05) is 19.1 Å². The van der Waals surface area contributed by atoms with Crippen LogP contribution >= 0.6 is 0 Å². The van der Waals surface area contributed by atoms with Crippen molar-refractivity contribution in [2.45, 2.75) is 25.8 Å². The maximum absolute atomic E-state index is 12.4. The highest BCUT2D eigenvalue weighted by atomic mass is 16.5. The van der Waals surface area contributed by atoms with Crippen LogP contribution in [0.2, 0.25) is 0 Å². The van der Waals surface area contributed by atoms with Crippen LogP contribution in [0.3, 0.4) is 0 Å². The lowest BCUT2D eigenvalue weighted by Crippen LogP contribution is -2.39. The minimum absolute atomic E-state index is 0.0511. The molecule has 7 heteroatoms. The number of rotatable bonds is 6. The minimum Gasteiger partial charge on any atom is -0.493 e. The normalized spacial score (nSPS) is 16.0. The summed E-state index contributed by atoms with van der Waals surface area (Å²) in [5.41, 5.74) is 2.64. The van der Waals surface area contributed by atoms with Gasteiger partial charge >= 0.3 is 6.03 Å². The van der Waals surface area contributed by atoms with E-state index < -0.39 is 0 Å². The molecule has 0 saturated carbocycles. The zero-order chi connectivity index (χ0) is 20.1. The van der Waals surface area contributed by atoms with Crippen LogP contribution in [0.5, 0.6) is 11.5 Å². The Morgan fingerprint density at radius 1 is 1.11 bits per heavy atom. The number of aryl methyl sites for hydroxylation is 1. The molecule has 3 amide bonds. The molecule has 0 spiro atoms. The molecule has 1 heterocycles. The van der Waals surface area contributed by atoms with Crippen LogP contribution in [-0.4, -0.2) is 38.7 Å². The lowest BCUT2D eigenvalue weighted by Gasteiger charge is -2.19. The molecule has 0 bridgehead atoms. The average molecular weight is 383 g/mol. The number of amides is 3. The monoisotopic (exact) mass is 383 g/mol. The van der Waals surface area contributed by atoms with Gasteiger partial charge in [0.1, 0.15) is 0 Å². The number of benzene rings is 2. The largest absolute Gasteiger partial charge is 0.493 e. The Morgan fingerprint density at radius 3 is 2.46 bits per heavy atom. The summed E-state index contributed by atoms with van der Waals surface area (Å²) in [4.78, 5) is 26.3. The number of carbonyl (C=O) groups is 2. The fraction of sp³-hybridized carbons (Fsp3) is 0.333. The van der Waals surface area contributed by atoms with Gasteiger partial charge in [0, 0.05) is 30.4 Å². The molecule has 1 aliphatic heterocycles. The zero-order valence-electron chi connectivity index (χ0n) is 16.3. The van der Waals surface area contributed by atoms with E-state index in [1.54, 1.807) is 37.3 Å². The molecule has 0 unspecified atom stereocenters. The molecular weight excluding hydrogens is 358 g/mol. The Kier molecular flexibility index (Phi) is 6.03. The predicted octanol–water partition coefficient (Wildman–Crippen LogP) is 3.19. The Morgan fingerprint density at radius 2 is 1.82 bits per heavy atom. The summed E-state index contributed by atoms with van der Waals surface area (Å²) in [6, 6.07) is 12.4. The summed E-state index contributed by atoms with van der Waals surface area (Å²) in [5, 5.41) is 5.68. The number of hydrogen-bond acceptors (Lipinski definition) is 4. The SMILES string of the molecule is CCc1ccc(NC(=O)N[C@H]2CC(=O)N(c3ccc(OC)c(OC)c3)C2)cc1. The highest BCUT2D eigenvalue weighted by Crippen LogP contribution is 2.33. The maximum Gasteiger partial charge on any atom is 0.319 e. The molecule has 148 valence electrons. The first-order chi connectivity index (χ1) is 13.5. The number of hydrogen-bond donors (Lipinski definition) is 2. The van der Waals surface area contributed by atoms with Crippen molar-refractivity contribution in [2.24, 2.45) is 0 Å². The lowest BCUT2D eigenvalue weighted by atomic mass is 10.1. The van der Waals surface area contributed by atoms with E-state index in [4.69, 9.17) is 9.47 Å². The van der Waals surface area contributed by atoms with Crippen LogP contribution < -0.4 is 25.0 Å². The van der Waals surface area contributed by atoms with Gasteiger partial charge in [0.15, 0.2) is 11.5 Å². The average Bonchev–Trinajstić information content (AvgIpc) is 3.07. The summed E-state index contributed by atoms with van der Waals surface area (Å²) in [6.07, 6.45) is 1.19. The molecule has 2 N–H and O–H groups in total. The van der Waals surface area contributed by atoms with Crippen molar-refractivity contribution < 1.29 is 19.1 Å². The third-order valence-electron chi connectivity index (χ3n) is 4.76. The second-order valence-electron chi connectivity index (χ2n) is 6.59. The molecule has 0 aromatic heterocycles. The first-order valence-electron chi connectivity index (χ1n) is 9.23. The Bertz CT molecular complexity index is 851. The molecular formula is C21H25N3O4. The summed E-state index contributed by atoms with van der Waals surface area (Å²) < 4.78 is 10.5. The number of ether oxygens (including phenoxy) is 2. The number of urea groups is 1. The van der Waals surface area contributed by atoms with Gasteiger partial charge in [0.05, 0.1) is 20.3 Å². The van der Waals surface area contributed by atoms with Crippen LogP contribution in [0, 0.1) is 0 Å². The Hall–Kier alpha value is -3.22. The molecule has 1 aliphatic rings. The van der Waals surface area contributed by atoms with Crippen molar-refractivity contribution in [3.8, 4) is 11.5 Å². The Balaban J connectivity index is 1.61. The number of nitrogens with one attached hydrogen (secondary N) is 2. The van der Waals surface area contributed by atoms with Crippen molar-refractivity contribution in [1.29, 1.82) is 0 Å². The first kappa shape index (κ1) is 19.5. The molecule has 7 nitrogen and oxygen atoms in total. The predicted molar refractivity (Wildman–Crippen MR) is 108 cm³/mol. The standard InChI is InChI=1S/C21H25N3O4/c1-4-14-5-7-15(8-6-14)22-21(26)23-16-11-20(25)24(13-16)17-9-10-18(27-2)19(12-17)28-3/h5-10,12,16H,4,11,13H2,1-3H3,(H2,22,23,26)/t16-/m0/s1. The van der Waals surface area contributed by atoms with Crippen molar-refractivity contribution in [1.82, 2.24) is 5.32 Å². The summed E-state index contributed by atoms with van der Waals surface area (Å²) in [7, 11) is 3.11. The smallest absolute Gasteiger partial charge is 0.319 e. The van der Waals surface area contributed by atoms with E-state index in [2.05, 4.69) is 17.6 Å². The van der Waals surface area contributed by atoms with E-state index in [1.807, 2.05) is 24.3 Å². The third kappa shape index (κ3) is 4.36. The van der Waals surface area contributed by atoms with Crippen LogP contribution in [-0.2, 0) is 11.2 Å². The molecule has 28 heavy (non-hydrogen) atoms. The Labute approximate surface area is 164 Å². The summed E-state index contributed by atoms with van der Waals surface area (Å²) >= 11 is 0. The van der Waals surface area contributed by atoms with Gasteiger partial charge in [-0.25, -0.2) is 4.79 Å². The van der Waals surface area contributed by atoms with Crippen LogP contribution in [0.25, 0.3) is 0 Å². The van der Waals surface area contributed by atoms with Gasteiger partial charge in [-0.05, 0) is 36.2 Å². The van der Waals surface area contributed by atoms with E-state index in [9.17, 15) is 9.59 Å². The third-order valence-corrected chi connectivity index (χ3v) is 4.76. The van der Waals surface area contributed by atoms with Crippen LogP contribution in [0.1, 0.15) is 18.9 Å². The van der Waals surface area contributed by atoms with Gasteiger partial charge in [0.25, 0.3) is 0 Å². The van der Waals surface area contributed by atoms with E-state index in [0.29, 0.717) is 23.7 Å². The van der Waals surface area contributed by atoms with Crippen molar-refractivity contribution in [3.63, 3.8) is 0 Å². The lowest BCUT2D eigenvalue weighted by molar-refractivity contribution is -0.117. The van der Waals surface area contributed by atoms with Crippen molar-refractivity contribution >= 4 is 23.3 Å². The molecule has 1 saturated heterocycles. The maximum atomic E-state index is 12.4. The van der Waals surface area contributed by atoms with Crippen molar-refractivity contribution in [2.75, 3.05) is 31.0 Å². The summed E-state index contributed by atoms with van der Waals surface area (Å²) in [5.74, 6) is 1.10. The van der Waals surface area contributed by atoms with Crippen LogP contribution in [0.15, 0.2) is 42.5 Å². The molecule has 2 aromatic rings. The number of carbonyl (C=O) groups excluding carboxylic acids is 2. The molecule has 2 aromatic carbocycles. The number of anilines is 2. The van der Waals surface area contributed by atoms with E-state index in [0.717, 1.165) is 12.1 Å². The molecule has 3 rings (SSSR count). The quantitative estimate of drug-likeness (QED) is 0.803. The zero-order valence-corrected chi connectivity index (χ0v) is 16.3. The second-order valence-corrected chi connectivity index (χ2v) is 6.59. The minimum atomic E-state index is -0.323. The fourth-order valence-corrected chi connectivity index (χ4v) is 3.22. The fourth-order valence-electron chi connectivity index (χ4n) is 3.22. The van der Waals surface area contributed by atoms with Gasteiger partial charge in [-0.15, -0.1) is 0 Å².